The lowest BCUT2D eigenvalue weighted by molar-refractivity contribution is -0.0498. The molecule has 1 aromatic carbocycles. The number of hydrogen-bond acceptors (Lipinski definition) is 6. The van der Waals surface area contributed by atoms with Gasteiger partial charge in [-0.2, -0.15) is 8.78 Å². The number of benzene rings is 1. The molecule has 1 amide bonds. The van der Waals surface area contributed by atoms with Crippen LogP contribution in [0.25, 0.3) is 11.3 Å². The van der Waals surface area contributed by atoms with Gasteiger partial charge in [0.1, 0.15) is 11.4 Å². The van der Waals surface area contributed by atoms with E-state index in [9.17, 15) is 13.6 Å². The van der Waals surface area contributed by atoms with Gasteiger partial charge < -0.3 is 4.74 Å². The Hall–Kier alpha value is -2.94. The van der Waals surface area contributed by atoms with Crippen molar-refractivity contribution in [3.05, 3.63) is 53.4 Å². The van der Waals surface area contributed by atoms with Crippen molar-refractivity contribution in [3.8, 4) is 17.0 Å². The zero-order chi connectivity index (χ0) is 17.8. The van der Waals surface area contributed by atoms with Crippen LogP contribution in [-0.2, 0) is 0 Å². The zero-order valence-corrected chi connectivity index (χ0v) is 13.8. The van der Waals surface area contributed by atoms with Crippen LogP contribution in [0.15, 0.2) is 42.9 Å². The molecule has 2 heterocycles. The first-order chi connectivity index (χ1) is 12.0. The summed E-state index contributed by atoms with van der Waals surface area (Å²) in [5.74, 6) is -0.336. The number of halogens is 2. The molecule has 0 saturated carbocycles. The Morgan fingerprint density at radius 2 is 2.00 bits per heavy atom. The maximum absolute atomic E-state index is 12.2. The summed E-state index contributed by atoms with van der Waals surface area (Å²) in [5, 5.41) is 3.08. The average molecular weight is 362 g/mol. The van der Waals surface area contributed by atoms with E-state index < -0.39 is 12.5 Å². The molecule has 0 spiro atoms. The summed E-state index contributed by atoms with van der Waals surface area (Å²) in [6.45, 7) is -1.01. The van der Waals surface area contributed by atoms with Crippen molar-refractivity contribution in [1.29, 1.82) is 0 Å². The van der Waals surface area contributed by atoms with Crippen LogP contribution in [0, 0.1) is 6.92 Å². The second-order valence-electron chi connectivity index (χ2n) is 4.87. The first kappa shape index (κ1) is 16.9. The molecular weight excluding hydrogens is 350 g/mol. The molecule has 1 N–H and O–H groups in total. The minimum absolute atomic E-state index is 0.0720. The lowest BCUT2D eigenvalue weighted by Gasteiger charge is -2.05. The topological polar surface area (TPSA) is 77.0 Å². The van der Waals surface area contributed by atoms with Crippen LogP contribution >= 0.6 is 11.3 Å². The predicted molar refractivity (Wildman–Crippen MR) is 88.9 cm³/mol. The largest absolute Gasteiger partial charge is 0.435 e. The van der Waals surface area contributed by atoms with Gasteiger partial charge in [0.25, 0.3) is 5.91 Å². The van der Waals surface area contributed by atoms with Crippen LogP contribution in [0.4, 0.5) is 13.9 Å². The number of carbonyl (C=O) groups is 1. The van der Waals surface area contributed by atoms with Crippen molar-refractivity contribution in [2.75, 3.05) is 5.32 Å². The van der Waals surface area contributed by atoms with Crippen molar-refractivity contribution >= 4 is 22.4 Å². The molecule has 0 aliphatic heterocycles. The summed E-state index contributed by atoms with van der Waals surface area (Å²) in [6, 6.07) is 6.15. The van der Waals surface area contributed by atoms with E-state index in [1.165, 1.54) is 42.1 Å². The normalized spacial score (nSPS) is 10.7. The van der Waals surface area contributed by atoms with Crippen molar-refractivity contribution in [3.63, 3.8) is 0 Å². The standard InChI is InChI=1S/C16H12F2N4O2S/c1-9-13(10-2-4-11(5-3-10)24-15(17)18)21-16(25-9)22-14(23)12-8-19-6-7-20-12/h2-8,15H,1H3,(H,21,22,23). The predicted octanol–water partition coefficient (Wildman–Crippen LogP) is 3.76. The number of ether oxygens (including phenoxy) is 1. The Balaban J connectivity index is 1.77. The Kier molecular flexibility index (Phi) is 4.94. The van der Waals surface area contributed by atoms with Crippen LogP contribution in [0.5, 0.6) is 5.75 Å². The molecule has 6 nitrogen and oxygen atoms in total. The van der Waals surface area contributed by atoms with E-state index in [0.717, 1.165) is 10.4 Å². The van der Waals surface area contributed by atoms with Gasteiger partial charge in [0.15, 0.2) is 5.13 Å². The molecule has 3 aromatic rings. The highest BCUT2D eigenvalue weighted by atomic mass is 32.1. The second kappa shape index (κ2) is 7.31. The van der Waals surface area contributed by atoms with E-state index in [1.54, 1.807) is 12.1 Å². The lowest BCUT2D eigenvalue weighted by atomic mass is 10.1. The summed E-state index contributed by atoms with van der Waals surface area (Å²) in [4.78, 5) is 25.1. The molecule has 0 saturated heterocycles. The molecule has 0 atom stereocenters. The van der Waals surface area contributed by atoms with E-state index in [4.69, 9.17) is 0 Å². The minimum atomic E-state index is -2.87. The van der Waals surface area contributed by atoms with E-state index in [-0.39, 0.29) is 11.4 Å². The molecular formula is C16H12F2N4O2S. The van der Waals surface area contributed by atoms with Crippen molar-refractivity contribution < 1.29 is 18.3 Å². The summed E-state index contributed by atoms with van der Waals surface area (Å²) in [5.41, 5.74) is 1.57. The number of aromatic nitrogens is 3. The second-order valence-corrected chi connectivity index (χ2v) is 6.07. The maximum Gasteiger partial charge on any atom is 0.387 e. The van der Waals surface area contributed by atoms with Gasteiger partial charge in [0, 0.05) is 22.8 Å². The van der Waals surface area contributed by atoms with Crippen molar-refractivity contribution in [2.45, 2.75) is 13.5 Å². The van der Waals surface area contributed by atoms with E-state index in [1.807, 2.05) is 6.92 Å². The van der Waals surface area contributed by atoms with Crippen LogP contribution in [0.1, 0.15) is 15.4 Å². The van der Waals surface area contributed by atoms with Gasteiger partial charge >= 0.3 is 6.61 Å². The fourth-order valence-electron chi connectivity index (χ4n) is 2.09. The highest BCUT2D eigenvalue weighted by Gasteiger charge is 2.14. The average Bonchev–Trinajstić information content (AvgIpc) is 2.96. The fourth-order valence-corrected chi connectivity index (χ4v) is 2.92. The molecule has 0 radical (unpaired) electrons. The molecule has 9 heteroatoms. The Labute approximate surface area is 145 Å². The van der Waals surface area contributed by atoms with Gasteiger partial charge in [-0.25, -0.2) is 9.97 Å². The zero-order valence-electron chi connectivity index (χ0n) is 12.9. The maximum atomic E-state index is 12.2. The quantitative estimate of drug-likeness (QED) is 0.748. The van der Waals surface area contributed by atoms with Crippen LogP contribution in [0.2, 0.25) is 0 Å². The lowest BCUT2D eigenvalue weighted by Crippen LogP contribution is -2.13. The van der Waals surface area contributed by atoms with Gasteiger partial charge in [0.2, 0.25) is 0 Å². The number of carbonyl (C=O) groups excluding carboxylic acids is 1. The first-order valence-electron chi connectivity index (χ1n) is 7.13. The van der Waals surface area contributed by atoms with E-state index >= 15 is 0 Å². The van der Waals surface area contributed by atoms with Gasteiger partial charge in [-0.15, -0.1) is 11.3 Å². The van der Waals surface area contributed by atoms with Crippen molar-refractivity contribution in [2.24, 2.45) is 0 Å². The molecule has 128 valence electrons. The molecule has 0 aliphatic rings. The summed E-state index contributed by atoms with van der Waals surface area (Å²) < 4.78 is 28.7. The summed E-state index contributed by atoms with van der Waals surface area (Å²) in [6.07, 6.45) is 4.26. The molecule has 0 unspecified atom stereocenters. The van der Waals surface area contributed by atoms with Gasteiger partial charge in [-0.05, 0) is 31.2 Å². The third kappa shape index (κ3) is 4.13. The van der Waals surface area contributed by atoms with Crippen LogP contribution in [-0.4, -0.2) is 27.5 Å². The minimum Gasteiger partial charge on any atom is -0.435 e. The Morgan fingerprint density at radius 3 is 2.64 bits per heavy atom. The van der Waals surface area contributed by atoms with Crippen LogP contribution < -0.4 is 10.1 Å². The molecule has 0 bridgehead atoms. The van der Waals surface area contributed by atoms with E-state index in [0.29, 0.717) is 10.8 Å². The number of aryl methyl sites for hydroxylation is 1. The molecule has 0 fully saturated rings. The number of amides is 1. The highest BCUT2D eigenvalue weighted by Crippen LogP contribution is 2.31. The van der Waals surface area contributed by atoms with Gasteiger partial charge in [-0.3, -0.25) is 15.1 Å². The smallest absolute Gasteiger partial charge is 0.387 e. The number of nitrogens with zero attached hydrogens (tertiary/aromatic N) is 3. The molecule has 2 aromatic heterocycles. The molecule has 0 aliphatic carbocycles. The van der Waals surface area contributed by atoms with E-state index in [2.05, 4.69) is 25.0 Å². The number of anilines is 1. The fraction of sp³-hybridized carbons (Fsp3) is 0.125. The van der Waals surface area contributed by atoms with Crippen LogP contribution in [0.3, 0.4) is 0 Å². The molecule has 25 heavy (non-hydrogen) atoms. The highest BCUT2D eigenvalue weighted by molar-refractivity contribution is 7.16. The number of hydrogen-bond donors (Lipinski definition) is 1. The SMILES string of the molecule is Cc1sc(NC(=O)c2cnccn2)nc1-c1ccc(OC(F)F)cc1. The Bertz CT molecular complexity index is 870. The summed E-state index contributed by atoms with van der Waals surface area (Å²) >= 11 is 1.30. The number of thiazole rings is 1. The number of rotatable bonds is 5. The summed E-state index contributed by atoms with van der Waals surface area (Å²) in [7, 11) is 0. The monoisotopic (exact) mass is 362 g/mol. The van der Waals surface area contributed by atoms with Gasteiger partial charge in [0.05, 0.1) is 11.9 Å². The Morgan fingerprint density at radius 1 is 1.24 bits per heavy atom. The number of nitrogens with one attached hydrogen (secondary N) is 1. The van der Waals surface area contributed by atoms with Gasteiger partial charge in [-0.1, -0.05) is 0 Å². The molecule has 3 rings (SSSR count). The third-order valence-corrected chi connectivity index (χ3v) is 4.05. The number of alkyl halides is 2. The van der Waals surface area contributed by atoms with Crippen molar-refractivity contribution in [1.82, 2.24) is 15.0 Å². The third-order valence-electron chi connectivity index (χ3n) is 3.17. The first-order valence-corrected chi connectivity index (χ1v) is 7.94.